The number of hydrogen-bond acceptors (Lipinski definition) is 5. The zero-order valence-corrected chi connectivity index (χ0v) is 21.4. The topological polar surface area (TPSA) is 103 Å². The molecule has 4 rings (SSSR count). The van der Waals surface area contributed by atoms with Gasteiger partial charge in [0.15, 0.2) is 0 Å². The van der Waals surface area contributed by atoms with Crippen LogP contribution >= 0.6 is 0 Å². The summed E-state index contributed by atoms with van der Waals surface area (Å²) in [5.41, 5.74) is 5.36. The third-order valence-corrected chi connectivity index (χ3v) is 7.08. The molecule has 0 bridgehead atoms. The fraction of sp³-hybridized carbons (Fsp3) is 0.538. The van der Waals surface area contributed by atoms with Crippen molar-refractivity contribution in [1.82, 2.24) is 24.6 Å². The third kappa shape index (κ3) is 5.24. The van der Waals surface area contributed by atoms with E-state index in [-0.39, 0.29) is 23.8 Å². The molecule has 9 nitrogen and oxygen atoms in total. The van der Waals surface area contributed by atoms with Gasteiger partial charge in [-0.05, 0) is 45.7 Å². The molecule has 2 amide bonds. The summed E-state index contributed by atoms with van der Waals surface area (Å²) in [5, 5.41) is 10.7. The van der Waals surface area contributed by atoms with Crippen LogP contribution in [0.2, 0.25) is 0 Å². The monoisotopic (exact) mass is 480 g/mol. The Morgan fingerprint density at radius 1 is 1.20 bits per heavy atom. The van der Waals surface area contributed by atoms with Crippen molar-refractivity contribution in [3.8, 4) is 0 Å². The summed E-state index contributed by atoms with van der Waals surface area (Å²) >= 11 is 0. The lowest BCUT2D eigenvalue weighted by Gasteiger charge is -2.21. The summed E-state index contributed by atoms with van der Waals surface area (Å²) in [7, 11) is 3.54. The molecule has 35 heavy (non-hydrogen) atoms. The Bertz CT molecular complexity index is 1220. The Morgan fingerprint density at radius 2 is 1.94 bits per heavy atom. The van der Waals surface area contributed by atoms with Crippen LogP contribution in [-0.4, -0.2) is 44.9 Å². The van der Waals surface area contributed by atoms with E-state index in [1.807, 2.05) is 43.1 Å². The Balaban J connectivity index is 1.66. The van der Waals surface area contributed by atoms with Crippen molar-refractivity contribution < 1.29 is 14.3 Å². The minimum absolute atomic E-state index is 0.0178. The Kier molecular flexibility index (Phi) is 7.54. The van der Waals surface area contributed by atoms with E-state index in [0.29, 0.717) is 29.9 Å². The number of carbonyl (C=O) groups excluding carboxylic acids is 2. The Hall–Kier alpha value is -3.20. The molecule has 0 spiro atoms. The molecule has 2 N–H and O–H groups in total. The number of nitrogens with zero attached hydrogens (tertiary/aromatic N) is 4. The number of anilines is 1. The number of methoxy groups -OCH3 is 1. The van der Waals surface area contributed by atoms with Crippen molar-refractivity contribution in [3.63, 3.8) is 0 Å². The number of carbonyl (C=O) groups is 2. The van der Waals surface area contributed by atoms with E-state index >= 15 is 0 Å². The maximum absolute atomic E-state index is 13.6. The van der Waals surface area contributed by atoms with Gasteiger partial charge in [0.05, 0.1) is 41.3 Å². The molecular weight excluding hydrogens is 444 g/mol. The summed E-state index contributed by atoms with van der Waals surface area (Å²) < 4.78 is 8.99. The highest BCUT2D eigenvalue weighted by Gasteiger charge is 2.24. The van der Waals surface area contributed by atoms with E-state index in [9.17, 15) is 9.59 Å². The number of amides is 2. The standard InChI is InChI=1S/C26H36N6O3/c1-16(23-17(2)30-31(4)18(23)3)28-26(34)21-13-20(29-25(33)19-9-7-6-8-10-19)14-22-24(21)32(15-27-22)11-12-35-5/h13-16,19H,6-12H2,1-5H3,(H,28,34)(H,29,33)/t16-/m1/s1. The van der Waals surface area contributed by atoms with Crippen LogP contribution in [0, 0.1) is 19.8 Å². The number of hydrogen-bond donors (Lipinski definition) is 2. The van der Waals surface area contributed by atoms with Crippen LogP contribution in [0.5, 0.6) is 0 Å². The number of imidazole rings is 1. The second kappa shape index (κ2) is 10.6. The third-order valence-electron chi connectivity index (χ3n) is 7.08. The van der Waals surface area contributed by atoms with Crippen LogP contribution in [0.1, 0.15) is 72.4 Å². The second-order valence-electron chi connectivity index (χ2n) is 9.55. The highest BCUT2D eigenvalue weighted by atomic mass is 16.5. The van der Waals surface area contributed by atoms with Gasteiger partial charge in [-0.1, -0.05) is 19.3 Å². The molecule has 3 aromatic rings. The Labute approximate surface area is 206 Å². The van der Waals surface area contributed by atoms with E-state index in [0.717, 1.165) is 48.2 Å². The quantitative estimate of drug-likeness (QED) is 0.506. The van der Waals surface area contributed by atoms with Crippen LogP contribution in [0.25, 0.3) is 11.0 Å². The maximum atomic E-state index is 13.6. The van der Waals surface area contributed by atoms with Crippen molar-refractivity contribution >= 4 is 28.5 Å². The summed E-state index contributed by atoms with van der Waals surface area (Å²) in [6.45, 7) is 6.97. The number of benzene rings is 1. The van der Waals surface area contributed by atoms with Gasteiger partial charge >= 0.3 is 0 Å². The lowest BCUT2D eigenvalue weighted by atomic mass is 9.88. The minimum atomic E-state index is -0.234. The zero-order chi connectivity index (χ0) is 25.1. The van der Waals surface area contributed by atoms with Crippen LogP contribution in [-0.2, 0) is 23.1 Å². The summed E-state index contributed by atoms with van der Waals surface area (Å²) in [6.07, 6.45) is 6.89. The molecule has 1 aromatic carbocycles. The number of ether oxygens (including phenoxy) is 1. The van der Waals surface area contributed by atoms with Gasteiger partial charge in [-0.2, -0.15) is 5.10 Å². The first-order chi connectivity index (χ1) is 16.8. The number of aryl methyl sites for hydroxylation is 2. The highest BCUT2D eigenvalue weighted by molar-refractivity contribution is 6.07. The molecule has 1 aliphatic carbocycles. The first-order valence-corrected chi connectivity index (χ1v) is 12.4. The average Bonchev–Trinajstić information content (AvgIpc) is 3.36. The average molecular weight is 481 g/mol. The van der Waals surface area contributed by atoms with Crippen molar-refractivity contribution in [3.05, 3.63) is 41.0 Å². The van der Waals surface area contributed by atoms with Gasteiger partial charge in [-0.15, -0.1) is 0 Å². The van der Waals surface area contributed by atoms with Crippen LogP contribution < -0.4 is 10.6 Å². The first kappa shape index (κ1) is 24.9. The summed E-state index contributed by atoms with van der Waals surface area (Å²) in [6, 6.07) is 3.37. The van der Waals surface area contributed by atoms with Gasteiger partial charge in [-0.25, -0.2) is 4.98 Å². The van der Waals surface area contributed by atoms with Crippen LogP contribution in [0.4, 0.5) is 5.69 Å². The van der Waals surface area contributed by atoms with Crippen LogP contribution in [0.3, 0.4) is 0 Å². The Morgan fingerprint density at radius 3 is 2.60 bits per heavy atom. The van der Waals surface area contributed by atoms with Gasteiger partial charge in [0.2, 0.25) is 5.91 Å². The fourth-order valence-corrected chi connectivity index (χ4v) is 5.19. The van der Waals surface area contributed by atoms with Gasteiger partial charge in [0.1, 0.15) is 0 Å². The lowest BCUT2D eigenvalue weighted by molar-refractivity contribution is -0.120. The molecule has 0 saturated heterocycles. The lowest BCUT2D eigenvalue weighted by Crippen LogP contribution is -2.28. The molecule has 2 heterocycles. The van der Waals surface area contributed by atoms with E-state index in [1.54, 1.807) is 19.5 Å². The molecule has 1 fully saturated rings. The maximum Gasteiger partial charge on any atom is 0.254 e. The number of nitrogens with one attached hydrogen (secondary N) is 2. The van der Waals surface area contributed by atoms with Gasteiger partial charge < -0.3 is 19.9 Å². The van der Waals surface area contributed by atoms with Gasteiger partial charge in [0, 0.05) is 43.6 Å². The van der Waals surface area contributed by atoms with Crippen molar-refractivity contribution in [2.75, 3.05) is 19.0 Å². The first-order valence-electron chi connectivity index (χ1n) is 12.4. The fourth-order valence-electron chi connectivity index (χ4n) is 5.19. The largest absolute Gasteiger partial charge is 0.383 e. The molecule has 188 valence electrons. The highest BCUT2D eigenvalue weighted by Crippen LogP contribution is 2.28. The number of aromatic nitrogens is 4. The SMILES string of the molecule is COCCn1cnc2cc(NC(=O)C3CCCCC3)cc(C(=O)N[C@H](C)c3c(C)nn(C)c3C)c21. The second-order valence-corrected chi connectivity index (χ2v) is 9.55. The molecule has 1 aliphatic rings. The molecule has 2 aromatic heterocycles. The molecule has 0 radical (unpaired) electrons. The van der Waals surface area contributed by atoms with Crippen molar-refractivity contribution in [2.24, 2.45) is 13.0 Å². The summed E-state index contributed by atoms with van der Waals surface area (Å²) in [5.74, 6) is -0.185. The number of rotatable bonds is 8. The molecular formula is C26H36N6O3. The van der Waals surface area contributed by atoms with Gasteiger partial charge in [-0.3, -0.25) is 14.3 Å². The molecule has 0 aliphatic heterocycles. The smallest absolute Gasteiger partial charge is 0.254 e. The predicted molar refractivity (Wildman–Crippen MR) is 135 cm³/mol. The normalized spacial score (nSPS) is 15.3. The van der Waals surface area contributed by atoms with Gasteiger partial charge in [0.25, 0.3) is 5.91 Å². The van der Waals surface area contributed by atoms with Crippen molar-refractivity contribution in [2.45, 2.75) is 65.5 Å². The molecule has 9 heteroatoms. The van der Waals surface area contributed by atoms with E-state index in [4.69, 9.17) is 4.74 Å². The zero-order valence-electron chi connectivity index (χ0n) is 21.4. The number of fused-ring (bicyclic) bond motifs is 1. The molecule has 1 saturated carbocycles. The van der Waals surface area contributed by atoms with Crippen molar-refractivity contribution in [1.29, 1.82) is 0 Å². The van der Waals surface area contributed by atoms with E-state index in [1.165, 1.54) is 6.42 Å². The predicted octanol–water partition coefficient (Wildman–Crippen LogP) is 4.04. The van der Waals surface area contributed by atoms with E-state index < -0.39 is 0 Å². The van der Waals surface area contributed by atoms with Crippen LogP contribution in [0.15, 0.2) is 18.5 Å². The van der Waals surface area contributed by atoms with E-state index in [2.05, 4.69) is 20.7 Å². The molecule has 1 atom stereocenters. The summed E-state index contributed by atoms with van der Waals surface area (Å²) in [4.78, 5) is 31.0. The molecule has 0 unspecified atom stereocenters. The minimum Gasteiger partial charge on any atom is -0.383 e.